The lowest BCUT2D eigenvalue weighted by atomic mass is 9.97. The van der Waals surface area contributed by atoms with Crippen molar-refractivity contribution in [2.24, 2.45) is 4.99 Å². The summed E-state index contributed by atoms with van der Waals surface area (Å²) in [5, 5.41) is 21.9. The van der Waals surface area contributed by atoms with E-state index in [4.69, 9.17) is 4.99 Å². The van der Waals surface area contributed by atoms with Crippen LogP contribution in [0.15, 0.2) is 53.5 Å². The average molecular weight is 500 g/mol. The molecule has 182 valence electrons. The van der Waals surface area contributed by atoms with Gasteiger partial charge in [0.2, 0.25) is 5.91 Å². The van der Waals surface area contributed by atoms with Crippen LogP contribution < -0.4 is 5.32 Å². The summed E-state index contributed by atoms with van der Waals surface area (Å²) in [6.45, 7) is 7.50. The Morgan fingerprint density at radius 3 is 2.44 bits per heavy atom. The van der Waals surface area contributed by atoms with Crippen LogP contribution in [0, 0.1) is 20.8 Å². The molecule has 2 aromatic heterocycles. The molecule has 1 aliphatic heterocycles. The second-order valence-electron chi connectivity index (χ2n) is 8.83. The first-order chi connectivity index (χ1) is 17.2. The highest BCUT2D eigenvalue weighted by molar-refractivity contribution is 7.15. The Labute approximate surface area is 212 Å². The number of aromatic nitrogens is 3. The molecule has 0 saturated heterocycles. The Kier molecular flexibility index (Phi) is 6.01. The average Bonchev–Trinajstić information content (AvgIpc) is 3.31. The topological polar surface area (TPSA) is 109 Å². The molecule has 8 nitrogen and oxygen atoms in total. The SMILES string of the molecule is CC(=O)Nc1cccc(-c2ccc(C3=N[C@@H](CC(=O)O)c4nnc(C)n4-c4sc(C)c(C)c43)cc2)c1. The maximum absolute atomic E-state index is 11.7. The fourth-order valence-electron chi connectivity index (χ4n) is 4.49. The molecule has 4 aromatic rings. The number of amides is 1. The molecule has 3 heterocycles. The zero-order valence-electron chi connectivity index (χ0n) is 20.4. The minimum atomic E-state index is -0.942. The second kappa shape index (κ2) is 9.16. The van der Waals surface area contributed by atoms with Crippen LogP contribution in [0.2, 0.25) is 0 Å². The fraction of sp³-hybridized carbons (Fsp3) is 0.222. The molecule has 0 fully saturated rings. The summed E-state index contributed by atoms with van der Waals surface area (Å²) in [6.07, 6.45) is -0.178. The molecule has 0 spiro atoms. The van der Waals surface area contributed by atoms with E-state index in [0.717, 1.165) is 49.1 Å². The molecule has 0 aliphatic carbocycles. The monoisotopic (exact) mass is 499 g/mol. The standard InChI is InChI=1S/C27H25N5O3S/c1-14-15(2)36-27-24(14)25(29-22(13-23(34)35)26-31-30-16(3)32(26)27)19-10-8-18(9-11-19)20-6-5-7-21(12-20)28-17(4)33/h5-12,22H,13H2,1-4H3,(H,28,33)(H,34,35)/t22-/m0/s1. The summed E-state index contributed by atoms with van der Waals surface area (Å²) in [5.74, 6) is 0.183. The van der Waals surface area contributed by atoms with Crippen LogP contribution in [0.3, 0.4) is 0 Å². The number of carboxylic acids is 1. The summed E-state index contributed by atoms with van der Waals surface area (Å²) >= 11 is 1.64. The highest BCUT2D eigenvalue weighted by atomic mass is 32.1. The van der Waals surface area contributed by atoms with Gasteiger partial charge >= 0.3 is 5.97 Å². The van der Waals surface area contributed by atoms with Gasteiger partial charge in [-0.1, -0.05) is 36.4 Å². The number of anilines is 1. The van der Waals surface area contributed by atoms with E-state index in [1.807, 2.05) is 60.0 Å². The van der Waals surface area contributed by atoms with Crippen molar-refractivity contribution in [2.45, 2.75) is 40.2 Å². The molecule has 1 amide bonds. The number of thiophene rings is 1. The number of nitrogens with zero attached hydrogens (tertiary/aromatic N) is 4. The van der Waals surface area contributed by atoms with Crippen LogP contribution in [0.5, 0.6) is 0 Å². The van der Waals surface area contributed by atoms with Crippen molar-refractivity contribution in [3.8, 4) is 16.1 Å². The van der Waals surface area contributed by atoms with Gasteiger partial charge in [-0.2, -0.15) is 0 Å². The number of carbonyl (C=O) groups excluding carboxylic acids is 1. The number of carbonyl (C=O) groups is 2. The molecule has 9 heteroatoms. The number of hydrogen-bond donors (Lipinski definition) is 2. The Hall–Kier alpha value is -4.11. The van der Waals surface area contributed by atoms with Crippen molar-refractivity contribution in [3.05, 3.63) is 81.7 Å². The lowest BCUT2D eigenvalue weighted by Crippen LogP contribution is -2.10. The lowest BCUT2D eigenvalue weighted by Gasteiger charge is -2.12. The van der Waals surface area contributed by atoms with E-state index in [0.29, 0.717) is 11.6 Å². The molecule has 0 radical (unpaired) electrons. The minimum absolute atomic E-state index is 0.118. The molecule has 36 heavy (non-hydrogen) atoms. The number of hydrogen-bond acceptors (Lipinski definition) is 6. The smallest absolute Gasteiger partial charge is 0.306 e. The Bertz CT molecular complexity index is 1530. The van der Waals surface area contributed by atoms with Gasteiger partial charge in [0, 0.05) is 28.6 Å². The summed E-state index contributed by atoms with van der Waals surface area (Å²) in [4.78, 5) is 29.3. The fourth-order valence-corrected chi connectivity index (χ4v) is 5.70. The number of rotatable bonds is 5. The Balaban J connectivity index is 1.62. The molecule has 5 rings (SSSR count). The van der Waals surface area contributed by atoms with Gasteiger partial charge in [0.15, 0.2) is 5.82 Å². The maximum Gasteiger partial charge on any atom is 0.306 e. The van der Waals surface area contributed by atoms with E-state index in [-0.39, 0.29) is 12.3 Å². The van der Waals surface area contributed by atoms with Crippen LogP contribution in [0.4, 0.5) is 5.69 Å². The lowest BCUT2D eigenvalue weighted by molar-refractivity contribution is -0.137. The van der Waals surface area contributed by atoms with Crippen molar-refractivity contribution in [1.29, 1.82) is 0 Å². The van der Waals surface area contributed by atoms with E-state index < -0.39 is 12.0 Å². The first-order valence-electron chi connectivity index (χ1n) is 11.5. The number of aliphatic imine (C=N–C) groups is 1. The van der Waals surface area contributed by atoms with Crippen LogP contribution in [0.1, 0.15) is 52.6 Å². The summed E-state index contributed by atoms with van der Waals surface area (Å²) in [7, 11) is 0. The van der Waals surface area contributed by atoms with E-state index >= 15 is 0 Å². The number of fused-ring (bicyclic) bond motifs is 3. The van der Waals surface area contributed by atoms with Gasteiger partial charge in [-0.05, 0) is 49.6 Å². The van der Waals surface area contributed by atoms with Crippen molar-refractivity contribution in [3.63, 3.8) is 0 Å². The van der Waals surface area contributed by atoms with E-state index in [2.05, 4.69) is 29.4 Å². The number of aryl methyl sites for hydroxylation is 2. The van der Waals surface area contributed by atoms with E-state index in [1.165, 1.54) is 6.92 Å². The van der Waals surface area contributed by atoms with Crippen LogP contribution in [0.25, 0.3) is 16.1 Å². The van der Waals surface area contributed by atoms with Gasteiger partial charge < -0.3 is 10.4 Å². The molecule has 2 N–H and O–H groups in total. The Morgan fingerprint density at radius 2 is 1.75 bits per heavy atom. The van der Waals surface area contributed by atoms with Gasteiger partial charge in [-0.3, -0.25) is 19.1 Å². The van der Waals surface area contributed by atoms with Gasteiger partial charge in [-0.15, -0.1) is 21.5 Å². The van der Waals surface area contributed by atoms with Crippen LogP contribution in [-0.4, -0.2) is 37.5 Å². The number of aliphatic carboxylic acids is 1. The minimum Gasteiger partial charge on any atom is -0.481 e. The molecule has 1 aliphatic rings. The molecule has 1 atom stereocenters. The second-order valence-corrected chi connectivity index (χ2v) is 10.0. The first kappa shape index (κ1) is 23.6. The quantitative estimate of drug-likeness (QED) is 0.390. The summed E-state index contributed by atoms with van der Waals surface area (Å²) in [6, 6.07) is 15.1. The number of benzene rings is 2. The molecule has 2 aromatic carbocycles. The van der Waals surface area contributed by atoms with E-state index in [9.17, 15) is 14.7 Å². The zero-order chi connectivity index (χ0) is 25.6. The third-order valence-electron chi connectivity index (χ3n) is 6.28. The third kappa shape index (κ3) is 4.22. The molecular formula is C27H25N5O3S. The maximum atomic E-state index is 11.7. The van der Waals surface area contributed by atoms with Gasteiger partial charge in [0.1, 0.15) is 16.9 Å². The first-order valence-corrected chi connectivity index (χ1v) is 12.3. The largest absolute Gasteiger partial charge is 0.481 e. The molecule has 0 unspecified atom stereocenters. The number of carboxylic acid groups (broad SMARTS) is 1. The molecule has 0 saturated carbocycles. The Morgan fingerprint density at radius 1 is 1.03 bits per heavy atom. The normalized spacial score (nSPS) is 14.4. The zero-order valence-corrected chi connectivity index (χ0v) is 21.2. The van der Waals surface area contributed by atoms with Crippen molar-refractivity contribution in [1.82, 2.24) is 14.8 Å². The van der Waals surface area contributed by atoms with Gasteiger partial charge in [0.25, 0.3) is 0 Å². The van der Waals surface area contributed by atoms with Crippen molar-refractivity contribution in [2.75, 3.05) is 5.32 Å². The van der Waals surface area contributed by atoms with Crippen molar-refractivity contribution >= 4 is 34.6 Å². The number of nitrogens with one attached hydrogen (secondary N) is 1. The van der Waals surface area contributed by atoms with Crippen LogP contribution in [-0.2, 0) is 9.59 Å². The summed E-state index contributed by atoms with van der Waals surface area (Å²) in [5.41, 5.74) is 6.44. The molecular weight excluding hydrogens is 474 g/mol. The predicted molar refractivity (Wildman–Crippen MR) is 140 cm³/mol. The third-order valence-corrected chi connectivity index (χ3v) is 7.47. The highest BCUT2D eigenvalue weighted by Gasteiger charge is 2.32. The van der Waals surface area contributed by atoms with Gasteiger partial charge in [0.05, 0.1) is 12.1 Å². The predicted octanol–water partition coefficient (Wildman–Crippen LogP) is 5.25. The van der Waals surface area contributed by atoms with Gasteiger partial charge in [-0.25, -0.2) is 0 Å². The van der Waals surface area contributed by atoms with Crippen molar-refractivity contribution < 1.29 is 14.7 Å². The van der Waals surface area contributed by atoms with E-state index in [1.54, 1.807) is 11.3 Å². The van der Waals surface area contributed by atoms with Crippen LogP contribution >= 0.6 is 11.3 Å². The highest BCUT2D eigenvalue weighted by Crippen LogP contribution is 2.39. The molecule has 0 bridgehead atoms. The summed E-state index contributed by atoms with van der Waals surface area (Å²) < 4.78 is 1.95.